The van der Waals surface area contributed by atoms with E-state index in [4.69, 9.17) is 0 Å². The predicted molar refractivity (Wildman–Crippen MR) is 80.6 cm³/mol. The summed E-state index contributed by atoms with van der Waals surface area (Å²) in [5, 5.41) is 7.34. The van der Waals surface area contributed by atoms with Crippen molar-refractivity contribution < 1.29 is 4.79 Å². The van der Waals surface area contributed by atoms with E-state index in [2.05, 4.69) is 21.7 Å². The zero-order chi connectivity index (χ0) is 13.8. The monoisotopic (exact) mass is 269 g/mol. The van der Waals surface area contributed by atoms with Gasteiger partial charge >= 0.3 is 0 Å². The van der Waals surface area contributed by atoms with E-state index >= 15 is 0 Å². The lowest BCUT2D eigenvalue weighted by Gasteiger charge is -2.24. The summed E-state index contributed by atoms with van der Waals surface area (Å²) in [7, 11) is 0. The second-order valence-electron chi connectivity index (χ2n) is 5.23. The number of para-hydroxylation sites is 1. The third-order valence-electron chi connectivity index (χ3n) is 3.80. The number of benzene rings is 1. The summed E-state index contributed by atoms with van der Waals surface area (Å²) >= 11 is 0. The Balaban J connectivity index is 1.48. The van der Waals surface area contributed by atoms with Crippen molar-refractivity contribution in [2.24, 2.45) is 5.92 Å². The second kappa shape index (κ2) is 5.90. The molecule has 1 saturated carbocycles. The van der Waals surface area contributed by atoms with Crippen molar-refractivity contribution in [3.8, 4) is 0 Å². The molecule has 2 N–H and O–H groups in total. The van der Waals surface area contributed by atoms with Gasteiger partial charge in [-0.25, -0.2) is 4.98 Å². The number of amides is 1. The van der Waals surface area contributed by atoms with Gasteiger partial charge < -0.3 is 10.6 Å². The maximum Gasteiger partial charge on any atom is 0.223 e. The molecule has 0 saturated heterocycles. The summed E-state index contributed by atoms with van der Waals surface area (Å²) in [6.45, 7) is 1.34. The van der Waals surface area contributed by atoms with Crippen LogP contribution in [-0.2, 0) is 4.79 Å². The SMILES string of the molecule is O=C(NCCNc1ccc2ccccc2n1)C1CCC1. The molecule has 1 heterocycles. The van der Waals surface area contributed by atoms with Crippen LogP contribution in [0.3, 0.4) is 0 Å². The van der Waals surface area contributed by atoms with E-state index in [0.717, 1.165) is 29.6 Å². The van der Waals surface area contributed by atoms with Crippen LogP contribution in [0.25, 0.3) is 10.9 Å². The number of nitrogens with one attached hydrogen (secondary N) is 2. The summed E-state index contributed by atoms with van der Waals surface area (Å²) in [5.41, 5.74) is 0.982. The molecule has 0 atom stereocenters. The van der Waals surface area contributed by atoms with Crippen LogP contribution in [0.15, 0.2) is 36.4 Å². The first kappa shape index (κ1) is 12.9. The van der Waals surface area contributed by atoms with Crippen LogP contribution >= 0.6 is 0 Å². The molecule has 0 aliphatic heterocycles. The zero-order valence-electron chi connectivity index (χ0n) is 11.4. The highest BCUT2D eigenvalue weighted by atomic mass is 16.1. The summed E-state index contributed by atoms with van der Waals surface area (Å²) in [4.78, 5) is 16.2. The van der Waals surface area contributed by atoms with Crippen LogP contribution in [0.2, 0.25) is 0 Å². The standard InChI is InChI=1S/C16H19N3O/c20-16(13-5-3-6-13)18-11-10-17-15-9-8-12-4-1-2-7-14(12)19-15/h1-2,4,7-9,13H,3,5-6,10-11H2,(H,17,19)(H,18,20). The molecule has 1 aromatic carbocycles. The quantitative estimate of drug-likeness (QED) is 0.820. The number of hydrogen-bond donors (Lipinski definition) is 2. The van der Waals surface area contributed by atoms with Gasteiger partial charge in [0.15, 0.2) is 0 Å². The number of aromatic nitrogens is 1. The first-order valence-electron chi connectivity index (χ1n) is 7.20. The summed E-state index contributed by atoms with van der Waals surface area (Å²) in [6, 6.07) is 12.1. The summed E-state index contributed by atoms with van der Waals surface area (Å²) in [6.07, 6.45) is 3.29. The van der Waals surface area contributed by atoms with E-state index in [-0.39, 0.29) is 11.8 Å². The third-order valence-corrected chi connectivity index (χ3v) is 3.80. The Labute approximate surface area is 118 Å². The van der Waals surface area contributed by atoms with E-state index in [1.54, 1.807) is 0 Å². The third kappa shape index (κ3) is 2.90. The molecule has 1 amide bonds. The van der Waals surface area contributed by atoms with Crippen molar-refractivity contribution in [2.45, 2.75) is 19.3 Å². The Bertz CT molecular complexity index is 607. The molecular weight excluding hydrogens is 250 g/mol. The first-order chi connectivity index (χ1) is 9.83. The van der Waals surface area contributed by atoms with Crippen LogP contribution in [0.1, 0.15) is 19.3 Å². The number of rotatable bonds is 5. The van der Waals surface area contributed by atoms with Gasteiger partial charge in [-0.1, -0.05) is 24.6 Å². The minimum absolute atomic E-state index is 0.199. The fourth-order valence-electron chi connectivity index (χ4n) is 2.36. The van der Waals surface area contributed by atoms with Crippen molar-refractivity contribution in [1.82, 2.24) is 10.3 Å². The van der Waals surface area contributed by atoms with Gasteiger partial charge in [-0.2, -0.15) is 0 Å². The summed E-state index contributed by atoms with van der Waals surface area (Å²) < 4.78 is 0. The van der Waals surface area contributed by atoms with Gasteiger partial charge in [0.1, 0.15) is 5.82 Å². The number of carbonyl (C=O) groups excluding carboxylic acids is 1. The lowest BCUT2D eigenvalue weighted by Crippen LogP contribution is -2.36. The topological polar surface area (TPSA) is 54.0 Å². The average Bonchev–Trinajstić information content (AvgIpc) is 2.41. The van der Waals surface area contributed by atoms with Crippen molar-refractivity contribution in [1.29, 1.82) is 0 Å². The number of nitrogens with zero attached hydrogens (tertiary/aromatic N) is 1. The molecule has 2 aromatic rings. The number of fused-ring (bicyclic) bond motifs is 1. The Kier molecular flexibility index (Phi) is 3.81. The van der Waals surface area contributed by atoms with Gasteiger partial charge in [0.05, 0.1) is 5.52 Å². The number of pyridine rings is 1. The number of anilines is 1. The number of hydrogen-bond acceptors (Lipinski definition) is 3. The van der Waals surface area contributed by atoms with Crippen LogP contribution in [0.5, 0.6) is 0 Å². The maximum absolute atomic E-state index is 11.7. The molecule has 0 spiro atoms. The Morgan fingerprint density at radius 3 is 2.80 bits per heavy atom. The van der Waals surface area contributed by atoms with Crippen molar-refractivity contribution >= 4 is 22.6 Å². The lowest BCUT2D eigenvalue weighted by atomic mass is 9.85. The van der Waals surface area contributed by atoms with E-state index in [9.17, 15) is 4.79 Å². The van der Waals surface area contributed by atoms with Gasteiger partial charge in [0.25, 0.3) is 0 Å². The van der Waals surface area contributed by atoms with Gasteiger partial charge in [0, 0.05) is 24.4 Å². The van der Waals surface area contributed by atoms with E-state index in [1.165, 1.54) is 6.42 Å². The fraction of sp³-hybridized carbons (Fsp3) is 0.375. The normalized spacial score (nSPS) is 14.8. The molecular formula is C16H19N3O. The molecule has 20 heavy (non-hydrogen) atoms. The van der Waals surface area contributed by atoms with E-state index < -0.39 is 0 Å². The Morgan fingerprint density at radius 1 is 1.15 bits per heavy atom. The lowest BCUT2D eigenvalue weighted by molar-refractivity contribution is -0.127. The molecule has 104 valence electrons. The first-order valence-corrected chi connectivity index (χ1v) is 7.20. The van der Waals surface area contributed by atoms with Gasteiger partial charge in [-0.3, -0.25) is 4.79 Å². The molecule has 4 nitrogen and oxygen atoms in total. The molecule has 0 bridgehead atoms. The minimum Gasteiger partial charge on any atom is -0.368 e. The fourth-order valence-corrected chi connectivity index (χ4v) is 2.36. The summed E-state index contributed by atoms with van der Waals surface area (Å²) in [5.74, 6) is 1.31. The van der Waals surface area contributed by atoms with E-state index in [1.807, 2.05) is 30.3 Å². The molecule has 1 fully saturated rings. The molecule has 3 rings (SSSR count). The Morgan fingerprint density at radius 2 is 2.00 bits per heavy atom. The highest BCUT2D eigenvalue weighted by Gasteiger charge is 2.24. The van der Waals surface area contributed by atoms with Crippen molar-refractivity contribution in [2.75, 3.05) is 18.4 Å². The predicted octanol–water partition coefficient (Wildman–Crippen LogP) is 2.56. The molecule has 0 radical (unpaired) electrons. The Hall–Kier alpha value is -2.10. The largest absolute Gasteiger partial charge is 0.368 e. The van der Waals surface area contributed by atoms with Crippen LogP contribution < -0.4 is 10.6 Å². The van der Waals surface area contributed by atoms with Gasteiger partial charge in [-0.05, 0) is 31.0 Å². The maximum atomic E-state index is 11.7. The molecule has 4 heteroatoms. The highest BCUT2D eigenvalue weighted by Crippen LogP contribution is 2.25. The molecule has 1 aromatic heterocycles. The van der Waals surface area contributed by atoms with E-state index in [0.29, 0.717) is 13.1 Å². The average molecular weight is 269 g/mol. The van der Waals surface area contributed by atoms with Crippen molar-refractivity contribution in [3.63, 3.8) is 0 Å². The van der Waals surface area contributed by atoms with Crippen LogP contribution in [-0.4, -0.2) is 24.0 Å². The molecule has 0 unspecified atom stereocenters. The number of carbonyl (C=O) groups is 1. The van der Waals surface area contributed by atoms with Crippen LogP contribution in [0, 0.1) is 5.92 Å². The zero-order valence-corrected chi connectivity index (χ0v) is 11.4. The smallest absolute Gasteiger partial charge is 0.223 e. The second-order valence-corrected chi connectivity index (χ2v) is 5.23. The van der Waals surface area contributed by atoms with Crippen molar-refractivity contribution in [3.05, 3.63) is 36.4 Å². The highest BCUT2D eigenvalue weighted by molar-refractivity contribution is 5.80. The van der Waals surface area contributed by atoms with Gasteiger partial charge in [-0.15, -0.1) is 0 Å². The van der Waals surface area contributed by atoms with Gasteiger partial charge in [0.2, 0.25) is 5.91 Å². The molecule has 1 aliphatic rings. The van der Waals surface area contributed by atoms with Crippen LogP contribution in [0.4, 0.5) is 5.82 Å². The minimum atomic E-state index is 0.199. The molecule has 1 aliphatic carbocycles.